The quantitative estimate of drug-likeness (QED) is 0.422. The molecular weight excluding hydrogens is 443 g/mol. The number of anilines is 1. The summed E-state index contributed by atoms with van der Waals surface area (Å²) in [5, 5.41) is 2.70. The van der Waals surface area contributed by atoms with Crippen molar-refractivity contribution in [2.75, 3.05) is 11.6 Å². The van der Waals surface area contributed by atoms with Crippen LogP contribution >= 0.6 is 0 Å². The highest BCUT2D eigenvalue weighted by Gasteiger charge is 2.24. The van der Waals surface area contributed by atoms with Gasteiger partial charge in [-0.05, 0) is 41.8 Å². The van der Waals surface area contributed by atoms with E-state index in [2.05, 4.69) is 10.3 Å². The first kappa shape index (κ1) is 22.4. The van der Waals surface area contributed by atoms with Crippen molar-refractivity contribution in [3.05, 3.63) is 102 Å². The highest BCUT2D eigenvalue weighted by atomic mass is 32.2. The molecule has 4 aromatic rings. The second-order valence-electron chi connectivity index (χ2n) is 7.61. The SMILES string of the molecule is CS(=O)(=O)c1ccc(C(Cc2ccc(F)cc2)C(=O)Nc2ncc(-c3ccccc3)o2)cc1. The highest BCUT2D eigenvalue weighted by molar-refractivity contribution is 7.90. The average molecular weight is 465 g/mol. The van der Waals surface area contributed by atoms with Gasteiger partial charge >= 0.3 is 6.01 Å². The van der Waals surface area contributed by atoms with E-state index in [1.54, 1.807) is 24.3 Å². The number of amides is 1. The maximum Gasteiger partial charge on any atom is 0.301 e. The number of oxazole rings is 1. The number of rotatable bonds is 7. The van der Waals surface area contributed by atoms with Gasteiger partial charge in [-0.25, -0.2) is 17.8 Å². The van der Waals surface area contributed by atoms with E-state index in [-0.39, 0.29) is 29.1 Å². The van der Waals surface area contributed by atoms with Gasteiger partial charge in [0.25, 0.3) is 0 Å². The van der Waals surface area contributed by atoms with Gasteiger partial charge in [0, 0.05) is 11.8 Å². The Kier molecular flexibility index (Phi) is 6.37. The Morgan fingerprint density at radius 2 is 1.67 bits per heavy atom. The molecule has 0 fully saturated rings. The minimum Gasteiger partial charge on any atom is -0.423 e. The number of halogens is 1. The zero-order valence-corrected chi connectivity index (χ0v) is 18.6. The van der Waals surface area contributed by atoms with Crippen molar-refractivity contribution in [2.24, 2.45) is 0 Å². The summed E-state index contributed by atoms with van der Waals surface area (Å²) < 4.78 is 42.6. The van der Waals surface area contributed by atoms with E-state index in [0.717, 1.165) is 17.4 Å². The van der Waals surface area contributed by atoms with Gasteiger partial charge in [0.1, 0.15) is 5.82 Å². The summed E-state index contributed by atoms with van der Waals surface area (Å²) in [7, 11) is -3.37. The molecule has 0 saturated heterocycles. The third kappa shape index (κ3) is 5.53. The summed E-state index contributed by atoms with van der Waals surface area (Å²) in [5.41, 5.74) is 2.19. The number of sulfone groups is 1. The highest BCUT2D eigenvalue weighted by Crippen LogP contribution is 2.26. The maximum atomic E-state index is 13.3. The Bertz CT molecular complexity index is 1350. The predicted molar refractivity (Wildman–Crippen MR) is 123 cm³/mol. The van der Waals surface area contributed by atoms with Gasteiger partial charge in [-0.2, -0.15) is 0 Å². The first-order chi connectivity index (χ1) is 15.8. The third-order valence-corrected chi connectivity index (χ3v) is 6.30. The van der Waals surface area contributed by atoms with Crippen molar-refractivity contribution < 1.29 is 22.0 Å². The summed E-state index contributed by atoms with van der Waals surface area (Å²) in [6.45, 7) is 0. The van der Waals surface area contributed by atoms with E-state index in [1.807, 2.05) is 30.3 Å². The number of hydrogen-bond acceptors (Lipinski definition) is 5. The second kappa shape index (κ2) is 9.38. The minimum absolute atomic E-state index is 0.0516. The molecule has 0 spiro atoms. The monoisotopic (exact) mass is 464 g/mol. The van der Waals surface area contributed by atoms with E-state index in [4.69, 9.17) is 4.42 Å². The number of carbonyl (C=O) groups excluding carboxylic acids is 1. The zero-order chi connectivity index (χ0) is 23.4. The van der Waals surface area contributed by atoms with Gasteiger partial charge in [-0.3, -0.25) is 10.1 Å². The number of hydrogen-bond donors (Lipinski definition) is 1. The number of nitrogens with one attached hydrogen (secondary N) is 1. The molecular formula is C25H21FN2O4S. The van der Waals surface area contributed by atoms with Crippen molar-refractivity contribution in [2.45, 2.75) is 17.2 Å². The first-order valence-electron chi connectivity index (χ1n) is 10.2. The topological polar surface area (TPSA) is 89.3 Å². The van der Waals surface area contributed by atoms with Gasteiger partial charge in [0.2, 0.25) is 5.91 Å². The van der Waals surface area contributed by atoms with Crippen molar-refractivity contribution in [1.29, 1.82) is 0 Å². The number of nitrogens with zero attached hydrogens (tertiary/aromatic N) is 1. The summed E-state index contributed by atoms with van der Waals surface area (Å²) >= 11 is 0. The third-order valence-electron chi connectivity index (χ3n) is 5.17. The lowest BCUT2D eigenvalue weighted by atomic mass is 9.91. The van der Waals surface area contributed by atoms with Crippen LogP contribution in [0.3, 0.4) is 0 Å². The maximum absolute atomic E-state index is 13.3. The fourth-order valence-electron chi connectivity index (χ4n) is 3.43. The van der Waals surface area contributed by atoms with Crippen molar-refractivity contribution in [3.63, 3.8) is 0 Å². The molecule has 1 N–H and O–H groups in total. The smallest absolute Gasteiger partial charge is 0.301 e. The molecule has 6 nitrogen and oxygen atoms in total. The molecule has 0 aliphatic rings. The molecule has 1 unspecified atom stereocenters. The second-order valence-corrected chi connectivity index (χ2v) is 9.63. The number of benzene rings is 3. The molecule has 33 heavy (non-hydrogen) atoms. The molecule has 0 aliphatic heterocycles. The fourth-order valence-corrected chi connectivity index (χ4v) is 4.06. The largest absolute Gasteiger partial charge is 0.423 e. The van der Waals surface area contributed by atoms with Crippen LogP contribution in [0, 0.1) is 5.82 Å². The summed E-state index contributed by atoms with van der Waals surface area (Å²) in [5.74, 6) is -0.923. The van der Waals surface area contributed by atoms with Gasteiger partial charge in [0.15, 0.2) is 15.6 Å². The average Bonchev–Trinajstić information content (AvgIpc) is 3.27. The molecule has 168 valence electrons. The summed E-state index contributed by atoms with van der Waals surface area (Å²) in [6, 6.07) is 21.4. The van der Waals surface area contributed by atoms with Crippen LogP contribution in [0.1, 0.15) is 17.0 Å². The van der Waals surface area contributed by atoms with E-state index in [9.17, 15) is 17.6 Å². The molecule has 0 radical (unpaired) electrons. The molecule has 0 aliphatic carbocycles. The molecule has 1 aromatic heterocycles. The zero-order valence-electron chi connectivity index (χ0n) is 17.7. The number of carbonyl (C=O) groups is 1. The lowest BCUT2D eigenvalue weighted by Crippen LogP contribution is -2.23. The van der Waals surface area contributed by atoms with Crippen molar-refractivity contribution in [3.8, 4) is 11.3 Å². The van der Waals surface area contributed by atoms with Crippen LogP contribution in [0.15, 0.2) is 94.4 Å². The van der Waals surface area contributed by atoms with Crippen LogP contribution in [-0.2, 0) is 21.1 Å². The van der Waals surface area contributed by atoms with E-state index >= 15 is 0 Å². The van der Waals surface area contributed by atoms with Gasteiger partial charge in [-0.15, -0.1) is 0 Å². The normalized spacial score (nSPS) is 12.3. The van der Waals surface area contributed by atoms with Crippen molar-refractivity contribution >= 4 is 21.8 Å². The van der Waals surface area contributed by atoms with Crippen LogP contribution < -0.4 is 5.32 Å². The predicted octanol–water partition coefficient (Wildman–Crippen LogP) is 4.85. The van der Waals surface area contributed by atoms with E-state index in [0.29, 0.717) is 11.3 Å². The van der Waals surface area contributed by atoms with Crippen LogP contribution in [0.4, 0.5) is 10.4 Å². The first-order valence-corrected chi connectivity index (χ1v) is 12.1. The molecule has 4 rings (SSSR count). The molecule has 1 amide bonds. The lowest BCUT2D eigenvalue weighted by molar-refractivity contribution is -0.117. The fraction of sp³-hybridized carbons (Fsp3) is 0.120. The van der Waals surface area contributed by atoms with Gasteiger partial charge in [-0.1, -0.05) is 54.6 Å². The van der Waals surface area contributed by atoms with Crippen LogP contribution in [0.25, 0.3) is 11.3 Å². The molecule has 3 aromatic carbocycles. The lowest BCUT2D eigenvalue weighted by Gasteiger charge is -2.17. The van der Waals surface area contributed by atoms with E-state index in [1.165, 1.54) is 30.5 Å². The Labute approximate surface area is 191 Å². The standard InChI is InChI=1S/C25H21FN2O4S/c1-33(30,31)21-13-9-18(10-14-21)22(15-17-7-11-20(26)12-8-17)24(29)28-25-27-16-23(32-25)19-5-3-2-4-6-19/h2-14,16,22H,15H2,1H3,(H,27,28,29). The summed E-state index contributed by atoms with van der Waals surface area (Å²) in [4.78, 5) is 17.5. The van der Waals surface area contributed by atoms with Gasteiger partial charge < -0.3 is 4.42 Å². The Morgan fingerprint density at radius 1 is 1.00 bits per heavy atom. The number of aromatic nitrogens is 1. The van der Waals surface area contributed by atoms with Gasteiger partial charge in [0.05, 0.1) is 17.0 Å². The van der Waals surface area contributed by atoms with Crippen LogP contribution in [0.2, 0.25) is 0 Å². The van der Waals surface area contributed by atoms with E-state index < -0.39 is 15.8 Å². The van der Waals surface area contributed by atoms with Crippen LogP contribution in [0.5, 0.6) is 0 Å². The Morgan fingerprint density at radius 3 is 2.30 bits per heavy atom. The Hall–Kier alpha value is -3.78. The molecule has 1 heterocycles. The molecule has 0 saturated carbocycles. The summed E-state index contributed by atoms with van der Waals surface area (Å²) in [6.07, 6.45) is 2.93. The molecule has 8 heteroatoms. The van der Waals surface area contributed by atoms with Crippen molar-refractivity contribution in [1.82, 2.24) is 4.98 Å². The molecule has 1 atom stereocenters. The molecule has 0 bridgehead atoms. The van der Waals surface area contributed by atoms with Crippen LogP contribution in [-0.4, -0.2) is 25.6 Å². The Balaban J connectivity index is 1.60. The minimum atomic E-state index is -3.37.